The summed E-state index contributed by atoms with van der Waals surface area (Å²) < 4.78 is 1.90. The number of nitriles is 1. The molecule has 3 aromatic heterocycles. The Bertz CT molecular complexity index is 1040. The number of aryl methyl sites for hydroxylation is 2. The molecule has 4 aromatic rings. The molecule has 0 aliphatic rings. The summed E-state index contributed by atoms with van der Waals surface area (Å²) in [6, 6.07) is 11.8. The molecule has 0 amide bonds. The Balaban J connectivity index is 1.55. The molecule has 0 atom stereocenters. The molecule has 1 N–H and O–H groups in total. The van der Waals surface area contributed by atoms with Crippen LogP contribution >= 0.6 is 0 Å². The number of hydrogen-bond acceptors (Lipinski definition) is 4. The number of hydrogen-bond donors (Lipinski definition) is 1. The van der Waals surface area contributed by atoms with Crippen molar-refractivity contribution >= 4 is 11.0 Å². The quantitative estimate of drug-likeness (QED) is 0.628. The van der Waals surface area contributed by atoms with E-state index in [1.807, 2.05) is 53.6 Å². The average molecular weight is 314 g/mol. The van der Waals surface area contributed by atoms with Crippen molar-refractivity contribution in [2.45, 2.75) is 13.0 Å². The Morgan fingerprint density at radius 1 is 1.21 bits per heavy atom. The zero-order valence-corrected chi connectivity index (χ0v) is 12.8. The maximum absolute atomic E-state index is 8.96. The van der Waals surface area contributed by atoms with Crippen LogP contribution in [0.15, 0.2) is 55.2 Å². The third-order valence-electron chi connectivity index (χ3n) is 3.95. The summed E-state index contributed by atoms with van der Waals surface area (Å²) in [5, 5.41) is 14.4. The molecule has 0 fully saturated rings. The highest BCUT2D eigenvalue weighted by atomic mass is 15.3. The molecule has 1 aromatic carbocycles. The SMILES string of the molecule is N#Cc1cccc(CCn2cc(-c3ncnc4[nH]ccc34)cn2)c1. The molecule has 0 saturated carbocycles. The molecule has 4 rings (SSSR count). The van der Waals surface area contributed by atoms with Gasteiger partial charge in [-0.2, -0.15) is 10.4 Å². The van der Waals surface area contributed by atoms with Crippen molar-refractivity contribution in [2.75, 3.05) is 0 Å². The molecule has 0 unspecified atom stereocenters. The van der Waals surface area contributed by atoms with Crippen molar-refractivity contribution in [3.63, 3.8) is 0 Å². The van der Waals surface area contributed by atoms with E-state index in [1.165, 1.54) is 0 Å². The normalized spacial score (nSPS) is 10.8. The van der Waals surface area contributed by atoms with Crippen molar-refractivity contribution in [3.05, 3.63) is 66.4 Å². The summed E-state index contributed by atoms with van der Waals surface area (Å²) in [4.78, 5) is 11.7. The second kappa shape index (κ2) is 5.97. The topological polar surface area (TPSA) is 83.2 Å². The maximum atomic E-state index is 8.96. The predicted molar refractivity (Wildman–Crippen MR) is 90.0 cm³/mol. The lowest BCUT2D eigenvalue weighted by molar-refractivity contribution is 0.615. The van der Waals surface area contributed by atoms with Gasteiger partial charge < -0.3 is 4.98 Å². The zero-order chi connectivity index (χ0) is 16.4. The molecule has 0 radical (unpaired) electrons. The van der Waals surface area contributed by atoms with Gasteiger partial charge >= 0.3 is 0 Å². The number of rotatable bonds is 4. The van der Waals surface area contributed by atoms with Crippen LogP contribution in [0.4, 0.5) is 0 Å². The molecule has 6 heteroatoms. The minimum atomic E-state index is 0.685. The van der Waals surface area contributed by atoms with Gasteiger partial charge in [0.25, 0.3) is 0 Å². The van der Waals surface area contributed by atoms with Crippen molar-refractivity contribution in [2.24, 2.45) is 0 Å². The monoisotopic (exact) mass is 314 g/mol. The van der Waals surface area contributed by atoms with E-state index in [2.05, 4.69) is 26.1 Å². The van der Waals surface area contributed by atoms with Gasteiger partial charge in [0.15, 0.2) is 0 Å². The van der Waals surface area contributed by atoms with Crippen LogP contribution in [0.1, 0.15) is 11.1 Å². The number of aromatic amines is 1. The van der Waals surface area contributed by atoms with Gasteiger partial charge in [0.1, 0.15) is 12.0 Å². The fraction of sp³-hybridized carbons (Fsp3) is 0.111. The van der Waals surface area contributed by atoms with Gasteiger partial charge in [-0.25, -0.2) is 9.97 Å². The number of nitrogens with zero attached hydrogens (tertiary/aromatic N) is 5. The van der Waals surface area contributed by atoms with Crippen LogP contribution in [-0.4, -0.2) is 24.7 Å². The summed E-state index contributed by atoms with van der Waals surface area (Å²) in [5.41, 5.74) is 4.47. The number of nitrogens with one attached hydrogen (secondary N) is 1. The van der Waals surface area contributed by atoms with Gasteiger partial charge in [0, 0.05) is 29.9 Å². The molecular formula is C18H14N6. The molecule has 116 valence electrons. The molecular weight excluding hydrogens is 300 g/mol. The van der Waals surface area contributed by atoms with Crippen LogP contribution in [-0.2, 0) is 13.0 Å². The van der Waals surface area contributed by atoms with E-state index in [-0.39, 0.29) is 0 Å². The highest BCUT2D eigenvalue weighted by Gasteiger charge is 2.09. The lowest BCUT2D eigenvalue weighted by Crippen LogP contribution is -2.01. The Morgan fingerprint density at radius 3 is 3.08 bits per heavy atom. The van der Waals surface area contributed by atoms with E-state index < -0.39 is 0 Å². The molecule has 6 nitrogen and oxygen atoms in total. The highest BCUT2D eigenvalue weighted by Crippen LogP contribution is 2.24. The second-order valence-electron chi connectivity index (χ2n) is 5.52. The molecule has 0 aliphatic carbocycles. The van der Waals surface area contributed by atoms with Crippen LogP contribution in [0.5, 0.6) is 0 Å². The third kappa shape index (κ3) is 2.63. The number of benzene rings is 1. The molecule has 0 saturated heterocycles. The number of aromatic nitrogens is 5. The van der Waals surface area contributed by atoms with E-state index in [9.17, 15) is 0 Å². The first-order valence-electron chi connectivity index (χ1n) is 7.63. The van der Waals surface area contributed by atoms with Gasteiger partial charge in [-0.3, -0.25) is 4.68 Å². The Hall–Kier alpha value is -3.46. The minimum absolute atomic E-state index is 0.685. The first-order valence-corrected chi connectivity index (χ1v) is 7.63. The van der Waals surface area contributed by atoms with E-state index >= 15 is 0 Å². The fourth-order valence-electron chi connectivity index (χ4n) is 2.75. The van der Waals surface area contributed by atoms with E-state index in [4.69, 9.17) is 5.26 Å². The molecule has 0 spiro atoms. The fourth-order valence-corrected chi connectivity index (χ4v) is 2.75. The second-order valence-corrected chi connectivity index (χ2v) is 5.52. The highest BCUT2D eigenvalue weighted by molar-refractivity contribution is 5.89. The molecule has 24 heavy (non-hydrogen) atoms. The third-order valence-corrected chi connectivity index (χ3v) is 3.95. The zero-order valence-electron chi connectivity index (χ0n) is 12.8. The van der Waals surface area contributed by atoms with Crippen molar-refractivity contribution in [1.82, 2.24) is 24.7 Å². The predicted octanol–water partition coefficient (Wildman–Crippen LogP) is 2.94. The Morgan fingerprint density at radius 2 is 2.17 bits per heavy atom. The van der Waals surface area contributed by atoms with Crippen LogP contribution < -0.4 is 0 Å². The first kappa shape index (κ1) is 14.2. The number of fused-ring (bicyclic) bond motifs is 1. The van der Waals surface area contributed by atoms with Crippen molar-refractivity contribution in [1.29, 1.82) is 5.26 Å². The van der Waals surface area contributed by atoms with Gasteiger partial charge in [0.2, 0.25) is 0 Å². The van der Waals surface area contributed by atoms with Crippen molar-refractivity contribution in [3.8, 4) is 17.3 Å². The Kier molecular flexibility index (Phi) is 3.52. The lowest BCUT2D eigenvalue weighted by atomic mass is 10.1. The summed E-state index contributed by atoms with van der Waals surface area (Å²) in [6.07, 6.45) is 8.04. The standard InChI is InChI=1S/C18H14N6/c19-9-14-3-1-2-13(8-14)5-7-24-11-15(10-23-24)17-16-4-6-20-18(16)22-12-21-17/h1-4,6,8,10-12H,5,7H2,(H,20,21,22). The molecule has 0 bridgehead atoms. The van der Waals surface area contributed by atoms with Crippen LogP contribution in [0.2, 0.25) is 0 Å². The van der Waals surface area contributed by atoms with E-state index in [0.29, 0.717) is 5.56 Å². The minimum Gasteiger partial charge on any atom is -0.346 e. The average Bonchev–Trinajstić information content (AvgIpc) is 3.29. The van der Waals surface area contributed by atoms with Gasteiger partial charge in [-0.05, 0) is 30.2 Å². The van der Waals surface area contributed by atoms with Crippen LogP contribution in [0.3, 0.4) is 0 Å². The molecule has 3 heterocycles. The Labute approximate surface area is 138 Å². The van der Waals surface area contributed by atoms with Gasteiger partial charge in [-0.1, -0.05) is 12.1 Å². The lowest BCUT2D eigenvalue weighted by Gasteiger charge is -2.02. The first-order chi connectivity index (χ1) is 11.8. The summed E-state index contributed by atoms with van der Waals surface area (Å²) in [7, 11) is 0. The molecule has 0 aliphatic heterocycles. The summed E-state index contributed by atoms with van der Waals surface area (Å²) >= 11 is 0. The summed E-state index contributed by atoms with van der Waals surface area (Å²) in [5.74, 6) is 0. The van der Waals surface area contributed by atoms with Crippen LogP contribution in [0, 0.1) is 11.3 Å². The maximum Gasteiger partial charge on any atom is 0.141 e. The van der Waals surface area contributed by atoms with Gasteiger partial charge in [0.05, 0.1) is 23.5 Å². The van der Waals surface area contributed by atoms with Gasteiger partial charge in [-0.15, -0.1) is 0 Å². The smallest absolute Gasteiger partial charge is 0.141 e. The number of H-pyrrole nitrogens is 1. The van der Waals surface area contributed by atoms with Crippen molar-refractivity contribution < 1.29 is 0 Å². The largest absolute Gasteiger partial charge is 0.346 e. The van der Waals surface area contributed by atoms with E-state index in [0.717, 1.165) is 40.8 Å². The summed E-state index contributed by atoms with van der Waals surface area (Å²) in [6.45, 7) is 0.746. The van der Waals surface area contributed by atoms with E-state index in [1.54, 1.807) is 6.33 Å². The van der Waals surface area contributed by atoms with Crippen LogP contribution in [0.25, 0.3) is 22.3 Å².